The van der Waals surface area contributed by atoms with Gasteiger partial charge in [-0.2, -0.15) is 26.3 Å². The normalized spacial score (nSPS) is 18.3. The Labute approximate surface area is 226 Å². The fraction of sp³-hybridized carbons (Fsp3) is 0.652. The lowest BCUT2D eigenvalue weighted by molar-refractivity contribution is -0.308. The van der Waals surface area contributed by atoms with E-state index in [-0.39, 0.29) is 50.1 Å². The van der Waals surface area contributed by atoms with Crippen molar-refractivity contribution in [2.75, 3.05) is 44.8 Å². The van der Waals surface area contributed by atoms with Crippen molar-refractivity contribution in [3.8, 4) is 5.75 Å². The first-order valence-corrected chi connectivity index (χ1v) is 14.2. The number of hydrogen-bond donors (Lipinski definition) is 0. The molecule has 0 N–H and O–H groups in total. The van der Waals surface area contributed by atoms with E-state index in [0.717, 1.165) is 11.2 Å². The minimum absolute atomic E-state index is 0.0727. The zero-order chi connectivity index (χ0) is 29.4. The van der Waals surface area contributed by atoms with E-state index >= 15 is 0 Å². The molecule has 1 aromatic carbocycles. The zero-order valence-corrected chi connectivity index (χ0v) is 22.6. The van der Waals surface area contributed by atoms with Crippen molar-refractivity contribution in [1.29, 1.82) is 0 Å². The summed E-state index contributed by atoms with van der Waals surface area (Å²) >= 11 is 6.46. The van der Waals surface area contributed by atoms with Crippen LogP contribution in [0, 0.1) is 12.3 Å². The van der Waals surface area contributed by atoms with Crippen LogP contribution < -0.4 is 4.74 Å². The second-order valence-electron chi connectivity index (χ2n) is 9.86. The Kier molecular flexibility index (Phi) is 9.07. The molecule has 1 aliphatic heterocycles. The van der Waals surface area contributed by atoms with Gasteiger partial charge < -0.3 is 14.4 Å². The van der Waals surface area contributed by atoms with E-state index in [1.807, 2.05) is 0 Å². The number of aryl methyl sites for hydroxylation is 1. The predicted octanol–water partition coefficient (Wildman–Crippen LogP) is 4.17. The van der Waals surface area contributed by atoms with Gasteiger partial charge in [-0.05, 0) is 25.3 Å². The SMILES string of the molecule is Cc1ccc(CN2CCN(C(=O)OC(C(F)(F)F)C(F)(F)F)CC2)c(OCC2(C(=O)CS(C)(=O)=O)CC2)c1Cl. The summed E-state index contributed by atoms with van der Waals surface area (Å²) in [6, 6.07) is 3.46. The molecular formula is C23H27ClF6N2O6S. The first-order valence-electron chi connectivity index (χ1n) is 11.8. The first-order chi connectivity index (χ1) is 17.8. The molecule has 1 amide bonds. The highest BCUT2D eigenvalue weighted by Gasteiger charge is 2.60. The van der Waals surface area contributed by atoms with Gasteiger partial charge in [0.15, 0.2) is 15.6 Å². The fourth-order valence-corrected chi connectivity index (χ4v) is 5.08. The topological polar surface area (TPSA) is 93.2 Å². The van der Waals surface area contributed by atoms with Crippen LogP contribution in [0.3, 0.4) is 0 Å². The molecule has 0 spiro atoms. The summed E-state index contributed by atoms with van der Waals surface area (Å²) in [6.07, 6.45) is -15.6. The maximum absolute atomic E-state index is 12.7. The smallest absolute Gasteiger partial charge is 0.434 e. The first kappa shape index (κ1) is 31.3. The molecule has 1 aromatic rings. The Morgan fingerprint density at radius 3 is 2.10 bits per heavy atom. The zero-order valence-electron chi connectivity index (χ0n) is 21.0. The fourth-order valence-electron chi connectivity index (χ4n) is 4.06. The molecular weight excluding hydrogens is 582 g/mol. The number of sulfone groups is 1. The van der Waals surface area contributed by atoms with Gasteiger partial charge >= 0.3 is 18.4 Å². The Hall–Kier alpha value is -2.26. The molecule has 1 saturated carbocycles. The Morgan fingerprint density at radius 1 is 1.05 bits per heavy atom. The number of nitrogens with zero attached hydrogens (tertiary/aromatic N) is 2. The predicted molar refractivity (Wildman–Crippen MR) is 127 cm³/mol. The van der Waals surface area contributed by atoms with E-state index in [9.17, 15) is 44.3 Å². The molecule has 1 heterocycles. The number of amides is 1. The van der Waals surface area contributed by atoms with Crippen molar-refractivity contribution in [1.82, 2.24) is 9.80 Å². The van der Waals surface area contributed by atoms with Gasteiger partial charge in [0.25, 0.3) is 6.10 Å². The molecule has 3 rings (SSSR count). The Balaban J connectivity index is 1.63. The number of benzene rings is 1. The van der Waals surface area contributed by atoms with Gasteiger partial charge in [0.05, 0.1) is 10.4 Å². The highest BCUT2D eigenvalue weighted by molar-refractivity contribution is 7.91. The third-order valence-electron chi connectivity index (χ3n) is 6.54. The van der Waals surface area contributed by atoms with Crippen molar-refractivity contribution < 1.29 is 53.8 Å². The number of carbonyl (C=O) groups is 2. The van der Waals surface area contributed by atoms with Crippen LogP contribution in [0.4, 0.5) is 31.1 Å². The van der Waals surface area contributed by atoms with Crippen LogP contribution in [0.25, 0.3) is 0 Å². The standard InChI is InChI=1S/C23H27ClF6N2O6S/c1-14-3-4-15(18(17(14)24)37-13-21(5-6-21)16(33)12-39(2,35)36)11-31-7-9-32(10-8-31)20(34)38-19(22(25,26)27)23(28,29)30/h3-4,19H,5-13H2,1-2H3. The summed E-state index contributed by atoms with van der Waals surface area (Å²) in [6.45, 7) is 1.74. The summed E-state index contributed by atoms with van der Waals surface area (Å²) in [4.78, 5) is 27.1. The van der Waals surface area contributed by atoms with Gasteiger partial charge in [0, 0.05) is 44.5 Å². The number of hydrogen-bond acceptors (Lipinski definition) is 7. The summed E-state index contributed by atoms with van der Waals surface area (Å²) < 4.78 is 109. The van der Waals surface area contributed by atoms with Crippen LogP contribution in [-0.2, 0) is 25.9 Å². The molecule has 2 fully saturated rings. The molecule has 0 aromatic heterocycles. The number of carbonyl (C=O) groups excluding carboxylic acids is 2. The lowest BCUT2D eigenvalue weighted by Gasteiger charge is -2.35. The molecule has 0 atom stereocenters. The number of ether oxygens (including phenoxy) is 2. The van der Waals surface area contributed by atoms with Crippen molar-refractivity contribution in [3.63, 3.8) is 0 Å². The summed E-state index contributed by atoms with van der Waals surface area (Å²) in [5, 5.41) is 0.284. The number of ketones is 1. The van der Waals surface area contributed by atoms with Crippen molar-refractivity contribution in [2.24, 2.45) is 5.41 Å². The van der Waals surface area contributed by atoms with Crippen LogP contribution in [-0.4, -0.2) is 93.3 Å². The minimum Gasteiger partial charge on any atom is -0.491 e. The van der Waals surface area contributed by atoms with Gasteiger partial charge in [-0.3, -0.25) is 9.69 Å². The second-order valence-corrected chi connectivity index (χ2v) is 12.4. The average molecular weight is 609 g/mol. The largest absolute Gasteiger partial charge is 0.491 e. The molecule has 8 nitrogen and oxygen atoms in total. The average Bonchev–Trinajstić information content (AvgIpc) is 3.58. The van der Waals surface area contributed by atoms with Crippen molar-refractivity contribution in [3.05, 3.63) is 28.3 Å². The quantitative estimate of drug-likeness (QED) is 0.389. The third kappa shape index (κ3) is 8.13. The molecule has 1 aliphatic carbocycles. The van der Waals surface area contributed by atoms with Crippen LogP contribution in [0.1, 0.15) is 24.0 Å². The lowest BCUT2D eigenvalue weighted by atomic mass is 10.0. The minimum atomic E-state index is -5.80. The van der Waals surface area contributed by atoms with Gasteiger partial charge in [-0.15, -0.1) is 0 Å². The highest BCUT2D eigenvalue weighted by atomic mass is 35.5. The molecule has 0 radical (unpaired) electrons. The van der Waals surface area contributed by atoms with Crippen LogP contribution in [0.2, 0.25) is 5.02 Å². The lowest BCUT2D eigenvalue weighted by Crippen LogP contribution is -2.52. The van der Waals surface area contributed by atoms with Crippen LogP contribution >= 0.6 is 11.6 Å². The maximum atomic E-state index is 12.7. The number of piperazine rings is 1. The molecule has 220 valence electrons. The van der Waals surface area contributed by atoms with E-state index < -0.39 is 51.3 Å². The molecule has 16 heteroatoms. The van der Waals surface area contributed by atoms with E-state index in [1.165, 1.54) is 0 Å². The van der Waals surface area contributed by atoms with E-state index in [0.29, 0.717) is 24.0 Å². The summed E-state index contributed by atoms with van der Waals surface area (Å²) in [5.41, 5.74) is 0.366. The summed E-state index contributed by atoms with van der Waals surface area (Å²) in [7, 11) is -3.51. The van der Waals surface area contributed by atoms with Gasteiger partial charge in [0.1, 0.15) is 18.1 Å². The van der Waals surface area contributed by atoms with Crippen LogP contribution in [0.15, 0.2) is 12.1 Å². The number of halogens is 7. The Bertz CT molecular complexity index is 1180. The monoisotopic (exact) mass is 608 g/mol. The van der Waals surface area contributed by atoms with E-state index in [2.05, 4.69) is 4.74 Å². The molecule has 1 saturated heterocycles. The van der Waals surface area contributed by atoms with Gasteiger partial charge in [0.2, 0.25) is 0 Å². The molecule has 0 bridgehead atoms. The number of rotatable bonds is 9. The molecule has 39 heavy (non-hydrogen) atoms. The van der Waals surface area contributed by atoms with Crippen molar-refractivity contribution >= 4 is 33.3 Å². The van der Waals surface area contributed by atoms with Crippen LogP contribution in [0.5, 0.6) is 5.75 Å². The highest BCUT2D eigenvalue weighted by Crippen LogP contribution is 2.48. The maximum Gasteiger partial charge on any atom is 0.434 e. The second kappa shape index (κ2) is 11.3. The Morgan fingerprint density at radius 2 is 1.62 bits per heavy atom. The van der Waals surface area contributed by atoms with Gasteiger partial charge in [-0.1, -0.05) is 23.7 Å². The third-order valence-corrected chi connectivity index (χ3v) is 7.80. The number of Topliss-reactive ketones (excluding diaryl/α,β-unsaturated/α-hetero) is 1. The summed E-state index contributed by atoms with van der Waals surface area (Å²) in [5.74, 6) is -0.740. The van der Waals surface area contributed by atoms with Gasteiger partial charge in [-0.25, -0.2) is 13.2 Å². The molecule has 2 aliphatic rings. The van der Waals surface area contributed by atoms with E-state index in [4.69, 9.17) is 16.3 Å². The molecule has 0 unspecified atom stereocenters. The van der Waals surface area contributed by atoms with Crippen molar-refractivity contribution in [2.45, 2.75) is 44.8 Å². The van der Waals surface area contributed by atoms with E-state index in [1.54, 1.807) is 24.0 Å². The number of alkyl halides is 6.